The van der Waals surface area contributed by atoms with Crippen LogP contribution in [0.5, 0.6) is 0 Å². The number of hydrogen-bond acceptors (Lipinski definition) is 5. The third-order valence-corrected chi connectivity index (χ3v) is 9.38. The molecule has 1 unspecified atom stereocenters. The van der Waals surface area contributed by atoms with Crippen LogP contribution >= 0.6 is 0 Å². The van der Waals surface area contributed by atoms with Crippen LogP contribution in [0.3, 0.4) is 0 Å². The molecule has 3 rings (SSSR count). The minimum absolute atomic E-state index is 0.00253. The summed E-state index contributed by atoms with van der Waals surface area (Å²) in [5, 5.41) is -1.08. The molecule has 2 aromatic carbocycles. The van der Waals surface area contributed by atoms with Crippen LogP contribution in [0.1, 0.15) is 36.2 Å². The lowest BCUT2D eigenvalue weighted by atomic mass is 10.1. The van der Waals surface area contributed by atoms with Crippen molar-refractivity contribution in [3.05, 3.63) is 65.5 Å². The van der Waals surface area contributed by atoms with Gasteiger partial charge >= 0.3 is 0 Å². The van der Waals surface area contributed by atoms with Gasteiger partial charge in [-0.3, -0.25) is 4.79 Å². The van der Waals surface area contributed by atoms with Gasteiger partial charge in [0.2, 0.25) is 0 Å². The second kappa shape index (κ2) is 8.47. The number of carbonyl (C=O) groups excluding carboxylic acids is 1. The zero-order valence-corrected chi connectivity index (χ0v) is 18.4. The lowest BCUT2D eigenvalue weighted by Crippen LogP contribution is -2.37. The highest BCUT2D eigenvalue weighted by atomic mass is 32.2. The number of rotatable bonds is 6. The average Bonchev–Trinajstić information content (AvgIpc) is 3.07. The Kier molecular flexibility index (Phi) is 6.33. The summed E-state index contributed by atoms with van der Waals surface area (Å²) in [6.07, 6.45) is -0.00253. The summed E-state index contributed by atoms with van der Waals surface area (Å²) in [4.78, 5) is 14.3. The maximum atomic E-state index is 14.5. The van der Waals surface area contributed by atoms with Gasteiger partial charge in [-0.1, -0.05) is 30.3 Å². The van der Waals surface area contributed by atoms with Gasteiger partial charge in [0.1, 0.15) is 5.82 Å². The van der Waals surface area contributed by atoms with Gasteiger partial charge < -0.3 is 4.90 Å². The van der Waals surface area contributed by atoms with Gasteiger partial charge in [-0.2, -0.15) is 0 Å². The lowest BCUT2D eigenvalue weighted by Gasteiger charge is -2.27. The molecule has 1 saturated heterocycles. The number of benzene rings is 2. The molecular weight excluding hydrogens is 429 g/mol. The molecule has 0 saturated carbocycles. The number of halogens is 1. The molecule has 0 aliphatic carbocycles. The highest BCUT2D eigenvalue weighted by Crippen LogP contribution is 2.27. The van der Waals surface area contributed by atoms with Crippen molar-refractivity contribution in [3.8, 4) is 0 Å². The van der Waals surface area contributed by atoms with E-state index in [1.165, 1.54) is 4.90 Å². The van der Waals surface area contributed by atoms with Crippen LogP contribution in [-0.2, 0) is 26.2 Å². The van der Waals surface area contributed by atoms with E-state index < -0.39 is 42.4 Å². The highest BCUT2D eigenvalue weighted by molar-refractivity contribution is 7.96. The molecule has 0 spiro atoms. The summed E-state index contributed by atoms with van der Waals surface area (Å²) in [6.45, 7) is 3.83. The standard InChI is InChI=1S/C21H24FNO5S2/c1-15(2)23(13-16-6-4-3-5-7-16)21(24)19-12-17(8-9-20(19)22)30(27,28)18-10-11-29(25,26)14-18/h3-9,12,15,18H,10-11,13-14H2,1-2H3. The maximum absolute atomic E-state index is 14.5. The van der Waals surface area contributed by atoms with Crippen molar-refractivity contribution >= 4 is 25.6 Å². The van der Waals surface area contributed by atoms with E-state index in [1.807, 2.05) is 30.3 Å². The Morgan fingerprint density at radius 3 is 2.40 bits per heavy atom. The second-order valence-corrected chi connectivity index (χ2v) is 12.2. The lowest BCUT2D eigenvalue weighted by molar-refractivity contribution is 0.0685. The third kappa shape index (κ3) is 4.73. The molecule has 0 N–H and O–H groups in total. The van der Waals surface area contributed by atoms with Crippen molar-refractivity contribution in [2.24, 2.45) is 0 Å². The first kappa shape index (κ1) is 22.4. The van der Waals surface area contributed by atoms with Crippen LogP contribution in [0.2, 0.25) is 0 Å². The summed E-state index contributed by atoms with van der Waals surface area (Å²) < 4.78 is 63.7. The van der Waals surface area contributed by atoms with E-state index in [9.17, 15) is 26.0 Å². The largest absolute Gasteiger partial charge is 0.332 e. The minimum Gasteiger partial charge on any atom is -0.332 e. The molecule has 9 heteroatoms. The Morgan fingerprint density at radius 2 is 1.83 bits per heavy atom. The Hall–Kier alpha value is -2.26. The molecule has 2 aromatic rings. The molecule has 0 bridgehead atoms. The van der Waals surface area contributed by atoms with Crippen LogP contribution in [0.15, 0.2) is 53.4 Å². The van der Waals surface area contributed by atoms with Crippen LogP contribution in [0.25, 0.3) is 0 Å². The van der Waals surface area contributed by atoms with E-state index in [4.69, 9.17) is 0 Å². The van der Waals surface area contributed by atoms with E-state index in [0.29, 0.717) is 0 Å². The van der Waals surface area contributed by atoms with Crippen molar-refractivity contribution in [1.29, 1.82) is 0 Å². The molecule has 1 atom stereocenters. The second-order valence-electron chi connectivity index (χ2n) is 7.72. The quantitative estimate of drug-likeness (QED) is 0.628. The summed E-state index contributed by atoms with van der Waals surface area (Å²) in [6, 6.07) is 12.0. The van der Waals surface area contributed by atoms with Gasteiger partial charge in [0, 0.05) is 12.6 Å². The normalized spacial score (nSPS) is 18.5. The molecular formula is C21H24FNO5S2. The third-order valence-electron chi connectivity index (χ3n) is 5.21. The Balaban J connectivity index is 1.94. The smallest absolute Gasteiger partial charge is 0.257 e. The fourth-order valence-electron chi connectivity index (χ4n) is 3.47. The summed E-state index contributed by atoms with van der Waals surface area (Å²) in [7, 11) is -7.41. The molecule has 1 fully saturated rings. The van der Waals surface area contributed by atoms with Gasteiger partial charge in [0.25, 0.3) is 5.91 Å². The predicted molar refractivity (Wildman–Crippen MR) is 112 cm³/mol. The van der Waals surface area contributed by atoms with Crippen LogP contribution in [-0.4, -0.2) is 50.4 Å². The van der Waals surface area contributed by atoms with Gasteiger partial charge in [-0.15, -0.1) is 0 Å². The Morgan fingerprint density at radius 1 is 1.17 bits per heavy atom. The summed E-state index contributed by atoms with van der Waals surface area (Å²) >= 11 is 0. The van der Waals surface area contributed by atoms with Crippen LogP contribution in [0, 0.1) is 5.82 Å². The molecule has 162 valence electrons. The molecule has 1 aliphatic heterocycles. The van der Waals surface area contributed by atoms with E-state index in [0.717, 1.165) is 23.8 Å². The van der Waals surface area contributed by atoms with Gasteiger partial charge in [-0.25, -0.2) is 21.2 Å². The SMILES string of the molecule is CC(C)N(Cc1ccccc1)C(=O)c1cc(S(=O)(=O)C2CCS(=O)(=O)C2)ccc1F. The average molecular weight is 454 g/mol. The Bertz CT molecular complexity index is 1150. The maximum Gasteiger partial charge on any atom is 0.257 e. The molecule has 1 heterocycles. The summed E-state index contributed by atoms with van der Waals surface area (Å²) in [5.41, 5.74) is 0.515. The highest BCUT2D eigenvalue weighted by Gasteiger charge is 2.38. The molecule has 6 nitrogen and oxygen atoms in total. The fraction of sp³-hybridized carbons (Fsp3) is 0.381. The first-order valence-electron chi connectivity index (χ1n) is 9.60. The molecule has 0 aromatic heterocycles. The number of hydrogen-bond donors (Lipinski definition) is 0. The van der Waals surface area contributed by atoms with Gasteiger partial charge in [0.05, 0.1) is 27.2 Å². The van der Waals surface area contributed by atoms with E-state index in [1.54, 1.807) is 13.8 Å². The van der Waals surface area contributed by atoms with Crippen molar-refractivity contribution in [2.45, 2.75) is 43.0 Å². The topological polar surface area (TPSA) is 88.6 Å². The van der Waals surface area contributed by atoms with E-state index >= 15 is 0 Å². The predicted octanol–water partition coefficient (Wildman–Crippen LogP) is 2.84. The van der Waals surface area contributed by atoms with Crippen molar-refractivity contribution in [3.63, 3.8) is 0 Å². The molecule has 30 heavy (non-hydrogen) atoms. The number of nitrogens with zero attached hydrogens (tertiary/aromatic N) is 1. The van der Waals surface area contributed by atoms with Crippen LogP contribution < -0.4 is 0 Å². The number of carbonyl (C=O) groups is 1. The Labute approximate surface area is 176 Å². The van der Waals surface area contributed by atoms with Gasteiger partial charge in [-0.05, 0) is 44.0 Å². The first-order chi connectivity index (χ1) is 14.0. The first-order valence-corrected chi connectivity index (χ1v) is 13.0. The van der Waals surface area contributed by atoms with E-state index in [-0.39, 0.29) is 35.2 Å². The van der Waals surface area contributed by atoms with Crippen molar-refractivity contribution < 1.29 is 26.0 Å². The molecule has 1 amide bonds. The molecule has 0 radical (unpaired) electrons. The summed E-state index contributed by atoms with van der Waals surface area (Å²) in [5.74, 6) is -2.09. The van der Waals surface area contributed by atoms with Crippen molar-refractivity contribution in [2.75, 3.05) is 11.5 Å². The zero-order valence-electron chi connectivity index (χ0n) is 16.8. The number of sulfone groups is 2. The van der Waals surface area contributed by atoms with Crippen molar-refractivity contribution in [1.82, 2.24) is 4.90 Å². The molecule has 1 aliphatic rings. The fourth-order valence-corrected chi connectivity index (χ4v) is 7.85. The van der Waals surface area contributed by atoms with Gasteiger partial charge in [0.15, 0.2) is 19.7 Å². The monoisotopic (exact) mass is 453 g/mol. The zero-order chi connectivity index (χ0) is 22.1. The minimum atomic E-state index is -4.00. The number of amides is 1. The van der Waals surface area contributed by atoms with E-state index in [2.05, 4.69) is 0 Å². The van der Waals surface area contributed by atoms with Crippen LogP contribution in [0.4, 0.5) is 4.39 Å².